The number of thioether (sulfide) groups is 1. The van der Waals surface area contributed by atoms with Crippen LogP contribution in [0.5, 0.6) is 0 Å². The fourth-order valence-electron chi connectivity index (χ4n) is 3.59. The third kappa shape index (κ3) is 3.16. The molecule has 0 unspecified atom stereocenters. The SMILES string of the molecule is CCc1c(C)sc2nc(S[C@@H]3CCOC3=O)n(-c3cc(C)ccc3C)c(=O)c12. The number of carbonyl (C=O) groups excluding carboxylic acids is 1. The summed E-state index contributed by atoms with van der Waals surface area (Å²) in [4.78, 5) is 32.4. The van der Waals surface area contributed by atoms with Gasteiger partial charge in [0.15, 0.2) is 5.16 Å². The zero-order chi connectivity index (χ0) is 20.0. The van der Waals surface area contributed by atoms with E-state index in [0.29, 0.717) is 23.6 Å². The molecule has 0 radical (unpaired) electrons. The number of thiophene rings is 1. The molecule has 1 atom stereocenters. The monoisotopic (exact) mass is 414 g/mol. The fourth-order valence-corrected chi connectivity index (χ4v) is 5.81. The maximum absolute atomic E-state index is 13.7. The molecule has 0 aliphatic carbocycles. The van der Waals surface area contributed by atoms with E-state index in [1.165, 1.54) is 11.8 Å². The number of nitrogens with zero attached hydrogens (tertiary/aromatic N) is 2. The van der Waals surface area contributed by atoms with Crippen molar-refractivity contribution in [3.63, 3.8) is 0 Å². The Balaban J connectivity index is 2.02. The molecule has 2 aromatic heterocycles. The first-order chi connectivity index (χ1) is 13.4. The molecule has 28 heavy (non-hydrogen) atoms. The van der Waals surface area contributed by atoms with Gasteiger partial charge in [-0.2, -0.15) is 0 Å². The van der Waals surface area contributed by atoms with Crippen LogP contribution in [0.2, 0.25) is 0 Å². The lowest BCUT2D eigenvalue weighted by atomic mass is 10.1. The minimum atomic E-state index is -0.326. The van der Waals surface area contributed by atoms with Crippen LogP contribution < -0.4 is 5.56 Å². The molecule has 146 valence electrons. The minimum absolute atomic E-state index is 0.0613. The van der Waals surface area contributed by atoms with Crippen molar-refractivity contribution in [3.05, 3.63) is 50.1 Å². The van der Waals surface area contributed by atoms with Crippen LogP contribution >= 0.6 is 23.1 Å². The number of fused-ring (bicyclic) bond motifs is 1. The summed E-state index contributed by atoms with van der Waals surface area (Å²) in [5, 5.41) is 0.927. The van der Waals surface area contributed by atoms with Gasteiger partial charge in [-0.05, 0) is 49.9 Å². The number of aromatic nitrogens is 2. The van der Waals surface area contributed by atoms with Crippen LogP contribution in [0.15, 0.2) is 28.2 Å². The number of esters is 1. The molecule has 1 aromatic carbocycles. The van der Waals surface area contributed by atoms with Gasteiger partial charge in [-0.3, -0.25) is 14.2 Å². The van der Waals surface area contributed by atoms with Gasteiger partial charge in [-0.25, -0.2) is 4.98 Å². The van der Waals surface area contributed by atoms with Gasteiger partial charge in [-0.15, -0.1) is 11.3 Å². The first kappa shape index (κ1) is 19.2. The number of hydrogen-bond donors (Lipinski definition) is 0. The van der Waals surface area contributed by atoms with Crippen LogP contribution in [-0.4, -0.2) is 27.4 Å². The Labute approximate surface area is 171 Å². The van der Waals surface area contributed by atoms with Crippen LogP contribution in [0.25, 0.3) is 15.9 Å². The van der Waals surface area contributed by atoms with Crippen molar-refractivity contribution in [1.29, 1.82) is 0 Å². The molecule has 1 aliphatic heterocycles. The third-order valence-corrected chi connectivity index (χ3v) is 7.33. The Morgan fingerprint density at radius 1 is 1.29 bits per heavy atom. The van der Waals surface area contributed by atoms with E-state index in [0.717, 1.165) is 38.5 Å². The van der Waals surface area contributed by atoms with Crippen molar-refractivity contribution in [2.75, 3.05) is 6.61 Å². The number of carbonyl (C=O) groups is 1. The van der Waals surface area contributed by atoms with Crippen molar-refractivity contribution < 1.29 is 9.53 Å². The number of ether oxygens (including phenoxy) is 1. The molecule has 0 bridgehead atoms. The normalized spacial score (nSPS) is 16.7. The van der Waals surface area contributed by atoms with E-state index in [9.17, 15) is 9.59 Å². The fraction of sp³-hybridized carbons (Fsp3) is 0.381. The van der Waals surface area contributed by atoms with Crippen LogP contribution in [0.3, 0.4) is 0 Å². The Hall–Kier alpha value is -2.12. The van der Waals surface area contributed by atoms with E-state index >= 15 is 0 Å². The standard InChI is InChI=1S/C21H22N2O3S2/c1-5-14-13(4)27-18-17(14)19(24)23(15-10-11(2)6-7-12(15)3)21(22-18)28-16-8-9-26-20(16)25/h6-7,10,16H,5,8-9H2,1-4H3/t16-/m1/s1. The summed E-state index contributed by atoms with van der Waals surface area (Å²) in [6.07, 6.45) is 1.42. The Morgan fingerprint density at radius 2 is 2.07 bits per heavy atom. The highest BCUT2D eigenvalue weighted by atomic mass is 32.2. The Morgan fingerprint density at radius 3 is 2.75 bits per heavy atom. The molecule has 4 rings (SSSR count). The van der Waals surface area contributed by atoms with Gasteiger partial charge in [0, 0.05) is 11.3 Å². The summed E-state index contributed by atoms with van der Waals surface area (Å²) < 4.78 is 6.80. The van der Waals surface area contributed by atoms with Gasteiger partial charge in [-0.1, -0.05) is 30.8 Å². The second kappa shape index (κ2) is 7.37. The molecule has 0 saturated carbocycles. The van der Waals surface area contributed by atoms with E-state index in [1.54, 1.807) is 15.9 Å². The predicted molar refractivity (Wildman–Crippen MR) is 114 cm³/mol. The average Bonchev–Trinajstić information content (AvgIpc) is 3.20. The number of aryl methyl sites for hydroxylation is 4. The van der Waals surface area contributed by atoms with Gasteiger partial charge in [0.2, 0.25) is 0 Å². The zero-order valence-corrected chi connectivity index (χ0v) is 18.0. The smallest absolute Gasteiger partial charge is 0.319 e. The van der Waals surface area contributed by atoms with Crippen molar-refractivity contribution in [1.82, 2.24) is 9.55 Å². The highest BCUT2D eigenvalue weighted by Crippen LogP contribution is 2.34. The second-order valence-electron chi connectivity index (χ2n) is 7.06. The van der Waals surface area contributed by atoms with E-state index in [1.807, 2.05) is 39.0 Å². The van der Waals surface area contributed by atoms with Crippen molar-refractivity contribution in [2.45, 2.75) is 50.9 Å². The predicted octanol–water partition coefficient (Wildman–Crippen LogP) is 4.34. The number of hydrogen-bond acceptors (Lipinski definition) is 6. The van der Waals surface area contributed by atoms with Gasteiger partial charge < -0.3 is 4.74 Å². The zero-order valence-electron chi connectivity index (χ0n) is 16.4. The molecule has 1 saturated heterocycles. The van der Waals surface area contributed by atoms with E-state index in [4.69, 9.17) is 9.72 Å². The second-order valence-corrected chi connectivity index (χ2v) is 9.43. The van der Waals surface area contributed by atoms with Gasteiger partial charge in [0.05, 0.1) is 17.7 Å². The molecule has 3 heterocycles. The minimum Gasteiger partial charge on any atom is -0.465 e. The van der Waals surface area contributed by atoms with Gasteiger partial charge in [0.1, 0.15) is 10.1 Å². The molecule has 0 spiro atoms. The summed E-state index contributed by atoms with van der Waals surface area (Å²) in [6.45, 7) is 8.52. The first-order valence-electron chi connectivity index (χ1n) is 9.36. The quantitative estimate of drug-likeness (QED) is 0.469. The van der Waals surface area contributed by atoms with E-state index in [2.05, 4.69) is 6.92 Å². The highest BCUT2D eigenvalue weighted by Gasteiger charge is 2.30. The molecule has 1 fully saturated rings. The van der Waals surface area contributed by atoms with E-state index in [-0.39, 0.29) is 16.8 Å². The average molecular weight is 415 g/mol. The highest BCUT2D eigenvalue weighted by molar-refractivity contribution is 8.00. The van der Waals surface area contributed by atoms with Crippen LogP contribution in [0.1, 0.15) is 34.9 Å². The molecule has 1 aliphatic rings. The van der Waals surface area contributed by atoms with Crippen molar-refractivity contribution >= 4 is 39.3 Å². The Kier molecular flexibility index (Phi) is 5.05. The molecule has 0 amide bonds. The topological polar surface area (TPSA) is 61.2 Å². The van der Waals surface area contributed by atoms with Crippen molar-refractivity contribution in [2.24, 2.45) is 0 Å². The lowest BCUT2D eigenvalue weighted by Gasteiger charge is -2.16. The maximum atomic E-state index is 13.7. The van der Waals surface area contributed by atoms with Crippen LogP contribution in [-0.2, 0) is 16.0 Å². The van der Waals surface area contributed by atoms with Gasteiger partial charge >= 0.3 is 5.97 Å². The van der Waals surface area contributed by atoms with E-state index < -0.39 is 0 Å². The lowest BCUT2D eigenvalue weighted by Crippen LogP contribution is -2.24. The van der Waals surface area contributed by atoms with Gasteiger partial charge in [0.25, 0.3) is 5.56 Å². The summed E-state index contributed by atoms with van der Waals surface area (Å²) in [5.74, 6) is -0.233. The summed E-state index contributed by atoms with van der Waals surface area (Å²) in [6, 6.07) is 6.05. The lowest BCUT2D eigenvalue weighted by molar-refractivity contribution is -0.137. The first-order valence-corrected chi connectivity index (χ1v) is 11.1. The molecule has 3 aromatic rings. The molecule has 0 N–H and O–H groups in total. The number of cyclic esters (lactones) is 1. The summed E-state index contributed by atoms with van der Waals surface area (Å²) in [7, 11) is 0. The Bertz CT molecular complexity index is 1150. The summed E-state index contributed by atoms with van der Waals surface area (Å²) >= 11 is 2.88. The number of benzene rings is 1. The maximum Gasteiger partial charge on any atom is 0.319 e. The van der Waals surface area contributed by atoms with Crippen LogP contribution in [0, 0.1) is 20.8 Å². The largest absolute Gasteiger partial charge is 0.465 e. The molecule has 5 nitrogen and oxygen atoms in total. The number of rotatable bonds is 4. The molecular formula is C21H22N2O3S2. The third-order valence-electron chi connectivity index (χ3n) is 5.09. The summed E-state index contributed by atoms with van der Waals surface area (Å²) in [5.41, 5.74) is 3.89. The van der Waals surface area contributed by atoms with Crippen LogP contribution in [0.4, 0.5) is 0 Å². The molecule has 7 heteroatoms. The molecular weight excluding hydrogens is 392 g/mol. The van der Waals surface area contributed by atoms with Crippen molar-refractivity contribution in [3.8, 4) is 5.69 Å².